The van der Waals surface area contributed by atoms with Crippen LogP contribution in [0.3, 0.4) is 0 Å². The Kier molecular flexibility index (Phi) is 4.18. The fourth-order valence-corrected chi connectivity index (χ4v) is 3.21. The molecule has 0 radical (unpaired) electrons. The van der Waals surface area contributed by atoms with Gasteiger partial charge in [-0.1, -0.05) is 30.3 Å². The molecule has 0 saturated heterocycles. The van der Waals surface area contributed by atoms with Gasteiger partial charge in [-0.3, -0.25) is 0 Å². The van der Waals surface area contributed by atoms with E-state index in [9.17, 15) is 13.2 Å². The summed E-state index contributed by atoms with van der Waals surface area (Å²) in [7, 11) is 1.35. The molecule has 0 saturated carbocycles. The van der Waals surface area contributed by atoms with Gasteiger partial charge in [-0.15, -0.1) is 0 Å². The van der Waals surface area contributed by atoms with Crippen molar-refractivity contribution in [3.05, 3.63) is 77.9 Å². The predicted molar refractivity (Wildman–Crippen MR) is 96.8 cm³/mol. The molecule has 0 fully saturated rings. The van der Waals surface area contributed by atoms with Crippen molar-refractivity contribution in [2.45, 2.75) is 12.7 Å². The minimum absolute atomic E-state index is 0.0518. The number of hydrogen-bond acceptors (Lipinski definition) is 3. The van der Waals surface area contributed by atoms with Crippen LogP contribution in [0, 0.1) is 0 Å². The second-order valence-electron chi connectivity index (χ2n) is 6.14. The normalized spacial score (nSPS) is 12.8. The Hall–Kier alpha value is -3.15. The molecule has 0 N–H and O–H groups in total. The average molecular weight is 371 g/mol. The first kappa shape index (κ1) is 17.3. The molecular weight excluding hydrogens is 355 g/mol. The quantitative estimate of drug-likeness (QED) is 0.550. The lowest BCUT2D eigenvalue weighted by Gasteiger charge is -2.33. The van der Waals surface area contributed by atoms with Crippen LogP contribution in [0.2, 0.25) is 0 Å². The molecule has 0 aliphatic carbocycles. The summed E-state index contributed by atoms with van der Waals surface area (Å²) in [6, 6.07) is 18.7. The van der Waals surface area contributed by atoms with E-state index in [2.05, 4.69) is 0 Å². The topological polar surface area (TPSA) is 21.7 Å². The number of fused-ring (bicyclic) bond motifs is 2. The number of halogens is 3. The van der Waals surface area contributed by atoms with E-state index in [0.29, 0.717) is 11.5 Å². The number of benzene rings is 3. The fraction of sp³-hybridized carbons (Fsp3) is 0.143. The van der Waals surface area contributed by atoms with Crippen molar-refractivity contribution in [3.63, 3.8) is 0 Å². The van der Waals surface area contributed by atoms with E-state index in [1.165, 1.54) is 13.2 Å². The van der Waals surface area contributed by atoms with Crippen LogP contribution >= 0.6 is 0 Å². The second kappa shape index (κ2) is 6.54. The van der Waals surface area contributed by atoms with Crippen LogP contribution in [0.5, 0.6) is 17.2 Å². The monoisotopic (exact) mass is 371 g/mol. The van der Waals surface area contributed by atoms with Gasteiger partial charge < -0.3 is 14.4 Å². The Bertz CT molecular complexity index is 940. The van der Waals surface area contributed by atoms with Gasteiger partial charge in [-0.25, -0.2) is 0 Å². The Morgan fingerprint density at radius 2 is 1.48 bits per heavy atom. The number of nitrogens with zero attached hydrogens (tertiary/aromatic N) is 1. The number of alkyl halides is 3. The van der Waals surface area contributed by atoms with Crippen molar-refractivity contribution in [2.75, 3.05) is 12.0 Å². The fourth-order valence-electron chi connectivity index (χ4n) is 3.21. The zero-order chi connectivity index (χ0) is 19.0. The molecule has 1 aliphatic rings. The smallest absolute Gasteiger partial charge is 0.416 e. The summed E-state index contributed by atoms with van der Waals surface area (Å²) in [5.74, 6) is 1.39. The van der Waals surface area contributed by atoms with Gasteiger partial charge in [0.2, 0.25) is 0 Å². The van der Waals surface area contributed by atoms with E-state index >= 15 is 0 Å². The highest BCUT2D eigenvalue weighted by Crippen LogP contribution is 2.47. The lowest BCUT2D eigenvalue weighted by molar-refractivity contribution is -0.138. The largest absolute Gasteiger partial charge is 0.497 e. The highest BCUT2D eigenvalue weighted by Gasteiger charge is 2.35. The van der Waals surface area contributed by atoms with E-state index < -0.39 is 11.7 Å². The average Bonchev–Trinajstić information content (AvgIpc) is 2.67. The van der Waals surface area contributed by atoms with Gasteiger partial charge in [0.05, 0.1) is 24.0 Å². The highest BCUT2D eigenvalue weighted by molar-refractivity contribution is 5.77. The summed E-state index contributed by atoms with van der Waals surface area (Å²) in [4.78, 5) is 1.84. The summed E-state index contributed by atoms with van der Waals surface area (Å²) in [6.07, 6.45) is -4.48. The van der Waals surface area contributed by atoms with Crippen LogP contribution in [0.4, 0.5) is 24.5 Å². The Morgan fingerprint density at radius 1 is 0.889 bits per heavy atom. The van der Waals surface area contributed by atoms with E-state index in [1.54, 1.807) is 18.2 Å². The maximum Gasteiger partial charge on any atom is 0.416 e. The number of methoxy groups -OCH3 is 1. The molecule has 0 amide bonds. The molecule has 0 bridgehead atoms. The molecule has 0 unspecified atom stereocenters. The molecule has 0 aromatic heterocycles. The minimum Gasteiger partial charge on any atom is -0.497 e. The molecule has 27 heavy (non-hydrogen) atoms. The summed E-state index contributed by atoms with van der Waals surface area (Å²) in [5, 5.41) is 0. The zero-order valence-electron chi connectivity index (χ0n) is 14.5. The van der Waals surface area contributed by atoms with Gasteiger partial charge in [-0.05, 0) is 42.0 Å². The van der Waals surface area contributed by atoms with E-state index in [-0.39, 0.29) is 17.9 Å². The van der Waals surface area contributed by atoms with E-state index in [0.717, 1.165) is 17.4 Å². The summed E-state index contributed by atoms with van der Waals surface area (Å²) in [6.45, 7) is 0.0518. The van der Waals surface area contributed by atoms with Crippen molar-refractivity contribution in [3.8, 4) is 17.2 Å². The van der Waals surface area contributed by atoms with Crippen molar-refractivity contribution in [1.82, 2.24) is 0 Å². The third-order valence-electron chi connectivity index (χ3n) is 4.48. The first-order chi connectivity index (χ1) is 13.0. The molecule has 3 aromatic carbocycles. The van der Waals surface area contributed by atoms with Crippen molar-refractivity contribution in [2.24, 2.45) is 0 Å². The Balaban J connectivity index is 1.82. The molecule has 0 atom stereocenters. The first-order valence-corrected chi connectivity index (χ1v) is 8.35. The van der Waals surface area contributed by atoms with Crippen LogP contribution in [0.25, 0.3) is 0 Å². The van der Waals surface area contributed by atoms with Gasteiger partial charge in [-0.2, -0.15) is 13.2 Å². The molecule has 138 valence electrons. The number of ether oxygens (including phenoxy) is 2. The summed E-state index contributed by atoms with van der Waals surface area (Å²) >= 11 is 0. The lowest BCUT2D eigenvalue weighted by atomic mass is 10.0. The second-order valence-corrected chi connectivity index (χ2v) is 6.14. The maximum atomic E-state index is 13.6. The van der Waals surface area contributed by atoms with Gasteiger partial charge in [0.25, 0.3) is 0 Å². The third-order valence-corrected chi connectivity index (χ3v) is 4.48. The van der Waals surface area contributed by atoms with Crippen LogP contribution in [0.1, 0.15) is 11.1 Å². The molecule has 3 aromatic rings. The van der Waals surface area contributed by atoms with Crippen LogP contribution < -0.4 is 14.4 Å². The molecule has 1 heterocycles. The number of hydrogen-bond donors (Lipinski definition) is 0. The van der Waals surface area contributed by atoms with Crippen molar-refractivity contribution >= 4 is 11.4 Å². The van der Waals surface area contributed by atoms with Crippen molar-refractivity contribution < 1.29 is 22.6 Å². The zero-order valence-corrected chi connectivity index (χ0v) is 14.5. The highest BCUT2D eigenvalue weighted by atomic mass is 19.4. The minimum atomic E-state index is -4.48. The van der Waals surface area contributed by atoms with Crippen LogP contribution in [-0.4, -0.2) is 7.11 Å². The van der Waals surface area contributed by atoms with Crippen LogP contribution in [0.15, 0.2) is 66.7 Å². The third kappa shape index (κ3) is 3.18. The lowest BCUT2D eigenvalue weighted by Crippen LogP contribution is -2.22. The van der Waals surface area contributed by atoms with Crippen molar-refractivity contribution in [1.29, 1.82) is 0 Å². The number of rotatable bonds is 3. The van der Waals surface area contributed by atoms with Gasteiger partial charge in [0.15, 0.2) is 11.5 Å². The maximum absolute atomic E-state index is 13.6. The van der Waals surface area contributed by atoms with Gasteiger partial charge in [0, 0.05) is 6.54 Å². The molecule has 6 heteroatoms. The standard InChI is InChI=1S/C21H16F3NO2/c1-26-15-11-10-14(16(12-15)21(22,23)24)13-25-17-6-2-4-8-19(17)27-20-9-5-3-7-18(20)25/h2-12H,13H2,1H3. The predicted octanol–water partition coefficient (Wildman–Crippen LogP) is 6.16. The molecule has 3 nitrogen and oxygen atoms in total. The van der Waals surface area contributed by atoms with Gasteiger partial charge >= 0.3 is 6.18 Å². The molecular formula is C21H16F3NO2. The summed E-state index contributed by atoms with van der Waals surface area (Å²) in [5.41, 5.74) is 0.901. The molecule has 0 spiro atoms. The number of para-hydroxylation sites is 4. The first-order valence-electron chi connectivity index (χ1n) is 8.35. The summed E-state index contributed by atoms with van der Waals surface area (Å²) < 4.78 is 51.7. The van der Waals surface area contributed by atoms with E-state index in [1.807, 2.05) is 41.3 Å². The molecule has 1 aliphatic heterocycles. The van der Waals surface area contributed by atoms with E-state index in [4.69, 9.17) is 9.47 Å². The Labute approximate surface area is 154 Å². The number of anilines is 2. The van der Waals surface area contributed by atoms with Crippen LogP contribution in [-0.2, 0) is 12.7 Å². The molecule has 4 rings (SSSR count). The van der Waals surface area contributed by atoms with Gasteiger partial charge in [0.1, 0.15) is 5.75 Å². The Morgan fingerprint density at radius 3 is 2.04 bits per heavy atom. The SMILES string of the molecule is COc1ccc(CN2c3ccccc3Oc3ccccc32)c(C(F)(F)F)c1.